The van der Waals surface area contributed by atoms with E-state index in [-0.39, 0.29) is 5.91 Å². The Morgan fingerprint density at radius 2 is 1.31 bits per heavy atom. The van der Waals surface area contributed by atoms with Crippen LogP contribution in [0.25, 0.3) is 5.57 Å². The Kier molecular flexibility index (Phi) is 10.0. The van der Waals surface area contributed by atoms with Gasteiger partial charge in [-0.15, -0.1) is 0 Å². The first-order chi connectivity index (χ1) is 23.9. The van der Waals surface area contributed by atoms with Gasteiger partial charge in [-0.2, -0.15) is 0 Å². The van der Waals surface area contributed by atoms with Crippen LogP contribution in [0.1, 0.15) is 57.9 Å². The maximum Gasteiger partial charge on any atom is 0.258 e. The second kappa shape index (κ2) is 14.9. The third kappa shape index (κ3) is 7.69. The van der Waals surface area contributed by atoms with Crippen LogP contribution in [0.3, 0.4) is 0 Å². The van der Waals surface area contributed by atoms with E-state index in [9.17, 15) is 4.79 Å². The van der Waals surface area contributed by atoms with Gasteiger partial charge >= 0.3 is 0 Å². The molecule has 0 radical (unpaired) electrons. The highest BCUT2D eigenvalue weighted by molar-refractivity contribution is 5.98. The van der Waals surface area contributed by atoms with Crippen molar-refractivity contribution in [3.05, 3.63) is 131 Å². The molecule has 1 amide bonds. The van der Waals surface area contributed by atoms with E-state index in [4.69, 9.17) is 9.47 Å². The van der Waals surface area contributed by atoms with Crippen molar-refractivity contribution in [3.8, 4) is 11.5 Å². The SMILES string of the molecule is C=C(C)c1cc(C(=O)N2Cc3ccc(N4CCC(N5CCN(C)CC5)CC4)cc3C2)c(OCc2ccccc2)cc1OCc1ccccc1. The lowest BCUT2D eigenvalue weighted by atomic mass is 10.0. The summed E-state index contributed by atoms with van der Waals surface area (Å²) in [6.45, 7) is 14.9. The maximum atomic E-state index is 14.4. The fraction of sp³-hybridized carbons (Fsp3) is 0.357. The van der Waals surface area contributed by atoms with Gasteiger partial charge in [-0.25, -0.2) is 0 Å². The first kappa shape index (κ1) is 32.9. The number of carbonyl (C=O) groups is 1. The van der Waals surface area contributed by atoms with Gasteiger partial charge in [-0.3, -0.25) is 9.69 Å². The van der Waals surface area contributed by atoms with E-state index in [2.05, 4.69) is 46.5 Å². The topological polar surface area (TPSA) is 48.5 Å². The summed E-state index contributed by atoms with van der Waals surface area (Å²) in [5, 5.41) is 0. The van der Waals surface area contributed by atoms with Gasteiger partial charge in [0, 0.05) is 75.7 Å². The van der Waals surface area contributed by atoms with Crippen molar-refractivity contribution in [2.24, 2.45) is 0 Å². The van der Waals surface area contributed by atoms with Crippen molar-refractivity contribution in [3.63, 3.8) is 0 Å². The molecule has 7 nitrogen and oxygen atoms in total. The van der Waals surface area contributed by atoms with Gasteiger partial charge in [0.15, 0.2) is 0 Å². The second-order valence-electron chi connectivity index (χ2n) is 13.8. The minimum atomic E-state index is -0.0501. The molecule has 3 aliphatic heterocycles. The van der Waals surface area contributed by atoms with Gasteiger partial charge in [0.1, 0.15) is 24.7 Å². The van der Waals surface area contributed by atoms with Gasteiger partial charge < -0.3 is 24.2 Å². The maximum absolute atomic E-state index is 14.4. The van der Waals surface area contributed by atoms with Crippen LogP contribution >= 0.6 is 0 Å². The molecule has 0 spiro atoms. The highest BCUT2D eigenvalue weighted by Gasteiger charge is 2.30. The van der Waals surface area contributed by atoms with Gasteiger partial charge in [0.2, 0.25) is 0 Å². The summed E-state index contributed by atoms with van der Waals surface area (Å²) in [5.74, 6) is 1.12. The van der Waals surface area contributed by atoms with Gasteiger partial charge in [-0.05, 0) is 72.8 Å². The molecule has 2 saturated heterocycles. The van der Waals surface area contributed by atoms with Crippen molar-refractivity contribution in [1.82, 2.24) is 14.7 Å². The van der Waals surface area contributed by atoms with Crippen LogP contribution in [0.2, 0.25) is 0 Å². The number of amides is 1. The van der Waals surface area contributed by atoms with Crippen LogP contribution in [0.5, 0.6) is 11.5 Å². The van der Waals surface area contributed by atoms with E-state index in [0.29, 0.717) is 49.4 Å². The van der Waals surface area contributed by atoms with E-state index in [1.807, 2.05) is 84.6 Å². The van der Waals surface area contributed by atoms with Crippen molar-refractivity contribution < 1.29 is 14.3 Å². The molecule has 0 unspecified atom stereocenters. The molecular weight excluding hydrogens is 608 g/mol. The molecule has 7 heteroatoms. The van der Waals surface area contributed by atoms with Gasteiger partial charge in [0.05, 0.1) is 5.56 Å². The second-order valence-corrected chi connectivity index (χ2v) is 13.8. The lowest BCUT2D eigenvalue weighted by molar-refractivity contribution is 0.0746. The minimum absolute atomic E-state index is 0.0501. The summed E-state index contributed by atoms with van der Waals surface area (Å²) >= 11 is 0. The van der Waals surface area contributed by atoms with E-state index >= 15 is 0 Å². The number of likely N-dealkylation sites (N-methyl/N-ethyl adjacent to an activating group) is 1. The van der Waals surface area contributed by atoms with Crippen molar-refractivity contribution in [2.75, 3.05) is 51.2 Å². The highest BCUT2D eigenvalue weighted by Crippen LogP contribution is 2.37. The number of fused-ring (bicyclic) bond motifs is 1. The largest absolute Gasteiger partial charge is 0.488 e. The third-order valence-electron chi connectivity index (χ3n) is 10.3. The Morgan fingerprint density at radius 3 is 1.92 bits per heavy atom. The summed E-state index contributed by atoms with van der Waals surface area (Å²) in [6.07, 6.45) is 2.40. The minimum Gasteiger partial charge on any atom is -0.488 e. The fourth-order valence-electron chi connectivity index (χ4n) is 7.34. The number of hydrogen-bond acceptors (Lipinski definition) is 6. The van der Waals surface area contributed by atoms with E-state index in [0.717, 1.165) is 35.4 Å². The average molecular weight is 657 g/mol. The summed E-state index contributed by atoms with van der Waals surface area (Å²) < 4.78 is 12.7. The molecule has 3 aliphatic rings. The van der Waals surface area contributed by atoms with Crippen molar-refractivity contribution in [2.45, 2.75) is 52.1 Å². The smallest absolute Gasteiger partial charge is 0.258 e. The number of benzene rings is 4. The van der Waals surface area contributed by atoms with Crippen LogP contribution in [0, 0.1) is 0 Å². The van der Waals surface area contributed by atoms with Crippen LogP contribution in [-0.4, -0.2) is 73.0 Å². The van der Waals surface area contributed by atoms with Gasteiger partial charge in [-0.1, -0.05) is 73.3 Å². The molecule has 3 heterocycles. The number of hydrogen-bond donors (Lipinski definition) is 0. The third-order valence-corrected chi connectivity index (χ3v) is 10.3. The number of allylic oxidation sites excluding steroid dienone is 1. The molecular formula is C42H48N4O3. The Balaban J connectivity index is 1.08. The molecule has 7 rings (SSSR count). The summed E-state index contributed by atoms with van der Waals surface area (Å²) in [5.41, 5.74) is 7.96. The molecule has 4 aromatic carbocycles. The number of ether oxygens (including phenoxy) is 2. The van der Waals surface area contributed by atoms with Crippen molar-refractivity contribution >= 4 is 17.2 Å². The summed E-state index contributed by atoms with van der Waals surface area (Å²) in [7, 11) is 2.22. The average Bonchev–Trinajstić information content (AvgIpc) is 3.58. The molecule has 0 aliphatic carbocycles. The Morgan fingerprint density at radius 1 is 0.714 bits per heavy atom. The number of carbonyl (C=O) groups excluding carboxylic acids is 1. The molecule has 0 atom stereocenters. The first-order valence-corrected chi connectivity index (χ1v) is 17.7. The van der Waals surface area contributed by atoms with E-state index in [1.54, 1.807) is 0 Å². The van der Waals surface area contributed by atoms with Crippen LogP contribution in [0.15, 0.2) is 97.6 Å². The van der Waals surface area contributed by atoms with E-state index in [1.165, 1.54) is 55.8 Å². The Bertz CT molecular complexity index is 1760. The first-order valence-electron chi connectivity index (χ1n) is 17.7. The zero-order valence-electron chi connectivity index (χ0n) is 28.9. The zero-order valence-corrected chi connectivity index (χ0v) is 28.9. The molecule has 0 saturated carbocycles. The fourth-order valence-corrected chi connectivity index (χ4v) is 7.34. The molecule has 0 bridgehead atoms. The molecule has 49 heavy (non-hydrogen) atoms. The monoisotopic (exact) mass is 656 g/mol. The Labute approximate surface area is 291 Å². The van der Waals surface area contributed by atoms with E-state index < -0.39 is 0 Å². The summed E-state index contributed by atoms with van der Waals surface area (Å²) in [6, 6.07) is 31.4. The number of piperazine rings is 1. The molecule has 254 valence electrons. The molecule has 0 N–H and O–H groups in total. The number of piperidine rings is 1. The van der Waals surface area contributed by atoms with Gasteiger partial charge in [0.25, 0.3) is 5.91 Å². The predicted octanol–water partition coefficient (Wildman–Crippen LogP) is 7.25. The zero-order chi connectivity index (χ0) is 33.7. The lowest BCUT2D eigenvalue weighted by Crippen LogP contribution is -2.52. The van der Waals surface area contributed by atoms with Crippen LogP contribution in [0.4, 0.5) is 5.69 Å². The molecule has 2 fully saturated rings. The molecule has 4 aromatic rings. The van der Waals surface area contributed by atoms with Crippen LogP contribution < -0.4 is 14.4 Å². The van der Waals surface area contributed by atoms with Crippen LogP contribution in [-0.2, 0) is 26.3 Å². The number of nitrogens with zero attached hydrogens (tertiary/aromatic N) is 4. The van der Waals surface area contributed by atoms with Crippen molar-refractivity contribution in [1.29, 1.82) is 0 Å². The standard InChI is InChI=1S/C42H48N4O3/c1-31(2)38-25-39(41(49-30-33-12-8-5-9-13-33)26-40(38)48-29-32-10-6-4-7-11-32)42(47)46-27-34-14-15-37(24-35(34)28-46)44-18-16-36(17-19-44)45-22-20-43(3)21-23-45/h4-15,24-26,36H,1,16-23,27-30H2,2-3H3. The lowest BCUT2D eigenvalue weighted by Gasteiger charge is -2.42. The summed E-state index contributed by atoms with van der Waals surface area (Å²) in [4.78, 5) is 24.0. The predicted molar refractivity (Wildman–Crippen MR) is 197 cm³/mol. The molecule has 0 aromatic heterocycles. The quantitative estimate of drug-likeness (QED) is 0.179. The Hall–Kier alpha value is -4.59. The number of rotatable bonds is 10. The normalized spacial score (nSPS) is 17.2. The number of anilines is 1. The highest BCUT2D eigenvalue weighted by atomic mass is 16.5.